The van der Waals surface area contributed by atoms with E-state index in [0.717, 1.165) is 0 Å². The van der Waals surface area contributed by atoms with E-state index in [1.165, 1.54) is 43.5 Å². The van der Waals surface area contributed by atoms with Crippen molar-refractivity contribution in [3.05, 3.63) is 60.2 Å². The SMILES string of the molecule is COC(=O)CNC(=O)c1ccc(NC(=O)C2(S(=O)(=O)c3ccccc3)CCCC2)cc1. The number of esters is 1. The predicted octanol–water partition coefficient (Wildman–Crippen LogP) is 2.31. The number of carbonyl (C=O) groups is 3. The third kappa shape index (κ3) is 4.61. The van der Waals surface area contributed by atoms with E-state index >= 15 is 0 Å². The van der Waals surface area contributed by atoms with Gasteiger partial charge in [-0.15, -0.1) is 0 Å². The number of rotatable bonds is 7. The number of benzene rings is 2. The highest BCUT2D eigenvalue weighted by Gasteiger charge is 2.52. The summed E-state index contributed by atoms with van der Waals surface area (Å²) in [4.78, 5) is 36.5. The molecular formula is C22H24N2O6S. The van der Waals surface area contributed by atoms with Gasteiger partial charge in [0.05, 0.1) is 12.0 Å². The van der Waals surface area contributed by atoms with E-state index in [4.69, 9.17) is 0 Å². The van der Waals surface area contributed by atoms with E-state index in [2.05, 4.69) is 15.4 Å². The summed E-state index contributed by atoms with van der Waals surface area (Å²) in [7, 11) is -2.66. The smallest absolute Gasteiger partial charge is 0.325 e. The number of hydrogen-bond donors (Lipinski definition) is 2. The van der Waals surface area contributed by atoms with Crippen molar-refractivity contribution in [2.45, 2.75) is 35.3 Å². The van der Waals surface area contributed by atoms with Gasteiger partial charge in [-0.25, -0.2) is 8.42 Å². The first kappa shape index (κ1) is 22.5. The molecule has 0 aromatic heterocycles. The molecule has 8 nitrogen and oxygen atoms in total. The second-order valence-electron chi connectivity index (χ2n) is 7.31. The molecule has 0 spiro atoms. The minimum absolute atomic E-state index is 0.129. The summed E-state index contributed by atoms with van der Waals surface area (Å²) in [6.07, 6.45) is 1.81. The monoisotopic (exact) mass is 444 g/mol. The summed E-state index contributed by atoms with van der Waals surface area (Å²) in [5, 5.41) is 5.12. The number of ether oxygens (including phenoxy) is 1. The average molecular weight is 445 g/mol. The number of carbonyl (C=O) groups excluding carboxylic acids is 3. The maximum absolute atomic E-state index is 13.3. The zero-order valence-corrected chi connectivity index (χ0v) is 17.9. The summed E-state index contributed by atoms with van der Waals surface area (Å²) in [6.45, 7) is -0.256. The van der Waals surface area contributed by atoms with Crippen LogP contribution in [0.4, 0.5) is 5.69 Å². The lowest BCUT2D eigenvalue weighted by atomic mass is 10.1. The van der Waals surface area contributed by atoms with Gasteiger partial charge in [0.1, 0.15) is 6.54 Å². The topological polar surface area (TPSA) is 119 Å². The minimum Gasteiger partial charge on any atom is -0.468 e. The highest BCUT2D eigenvalue weighted by Crippen LogP contribution is 2.41. The lowest BCUT2D eigenvalue weighted by Gasteiger charge is -2.27. The summed E-state index contributed by atoms with van der Waals surface area (Å²) in [6, 6.07) is 14.0. The van der Waals surface area contributed by atoms with Gasteiger partial charge in [-0.05, 0) is 49.2 Å². The Morgan fingerprint density at radius 3 is 2.16 bits per heavy atom. The molecule has 3 rings (SSSR count). The molecule has 31 heavy (non-hydrogen) atoms. The fourth-order valence-electron chi connectivity index (χ4n) is 3.67. The molecule has 2 aromatic carbocycles. The third-order valence-corrected chi connectivity index (χ3v) is 7.93. The van der Waals surface area contributed by atoms with Gasteiger partial charge in [0.25, 0.3) is 5.91 Å². The number of sulfone groups is 1. The quantitative estimate of drug-likeness (QED) is 0.633. The van der Waals surface area contributed by atoms with Crippen LogP contribution in [0.15, 0.2) is 59.5 Å². The summed E-state index contributed by atoms with van der Waals surface area (Å²) < 4.78 is 29.6. The highest BCUT2D eigenvalue weighted by atomic mass is 32.2. The first-order valence-electron chi connectivity index (χ1n) is 9.86. The number of anilines is 1. The summed E-state index contributed by atoms with van der Waals surface area (Å²) in [5.74, 6) is -1.61. The maximum Gasteiger partial charge on any atom is 0.325 e. The van der Waals surface area contributed by atoms with Crippen LogP contribution in [-0.4, -0.2) is 44.6 Å². The first-order valence-corrected chi connectivity index (χ1v) is 11.3. The molecule has 0 bridgehead atoms. The van der Waals surface area contributed by atoms with E-state index in [0.29, 0.717) is 18.5 Å². The van der Waals surface area contributed by atoms with Gasteiger partial charge in [-0.3, -0.25) is 14.4 Å². The Bertz CT molecular complexity index is 1060. The van der Waals surface area contributed by atoms with Crippen LogP contribution >= 0.6 is 0 Å². The predicted molar refractivity (Wildman–Crippen MR) is 114 cm³/mol. The normalized spacial score (nSPS) is 15.1. The van der Waals surface area contributed by atoms with E-state index in [1.54, 1.807) is 18.2 Å². The highest BCUT2D eigenvalue weighted by molar-refractivity contribution is 7.93. The Balaban J connectivity index is 1.76. The zero-order chi connectivity index (χ0) is 22.5. The second-order valence-corrected chi connectivity index (χ2v) is 9.57. The molecule has 1 aliphatic carbocycles. The van der Waals surface area contributed by atoms with E-state index in [-0.39, 0.29) is 29.8 Å². The maximum atomic E-state index is 13.3. The van der Waals surface area contributed by atoms with Gasteiger partial charge in [0.15, 0.2) is 14.6 Å². The van der Waals surface area contributed by atoms with Gasteiger partial charge in [0, 0.05) is 11.3 Å². The minimum atomic E-state index is -3.88. The molecule has 1 fully saturated rings. The molecule has 0 aliphatic heterocycles. The third-order valence-electron chi connectivity index (χ3n) is 5.42. The van der Waals surface area contributed by atoms with Gasteiger partial charge in [0.2, 0.25) is 5.91 Å². The number of hydrogen-bond acceptors (Lipinski definition) is 6. The van der Waals surface area contributed by atoms with Gasteiger partial charge in [-0.1, -0.05) is 31.0 Å². The fraction of sp³-hybridized carbons (Fsp3) is 0.318. The lowest BCUT2D eigenvalue weighted by Crippen LogP contribution is -2.47. The largest absolute Gasteiger partial charge is 0.468 e. The molecule has 0 atom stereocenters. The molecule has 2 aromatic rings. The molecule has 0 heterocycles. The fourth-order valence-corrected chi connectivity index (χ4v) is 5.75. The van der Waals surface area contributed by atoms with Crippen molar-refractivity contribution in [2.24, 2.45) is 0 Å². The van der Waals surface area contributed by atoms with Gasteiger partial charge in [-0.2, -0.15) is 0 Å². The molecular weight excluding hydrogens is 420 g/mol. The summed E-state index contributed by atoms with van der Waals surface area (Å²) >= 11 is 0. The van der Waals surface area contributed by atoms with Gasteiger partial charge >= 0.3 is 5.97 Å². The average Bonchev–Trinajstić information content (AvgIpc) is 3.30. The molecule has 164 valence electrons. The Hall–Kier alpha value is -3.20. The van der Waals surface area contributed by atoms with Crippen molar-refractivity contribution in [3.8, 4) is 0 Å². The molecule has 0 saturated heterocycles. The zero-order valence-electron chi connectivity index (χ0n) is 17.1. The molecule has 2 N–H and O–H groups in total. The van der Waals surface area contributed by atoms with Crippen molar-refractivity contribution < 1.29 is 27.5 Å². The van der Waals surface area contributed by atoms with Crippen LogP contribution in [-0.2, 0) is 24.2 Å². The van der Waals surface area contributed by atoms with Crippen LogP contribution in [0.25, 0.3) is 0 Å². The Kier molecular flexibility index (Phi) is 6.74. The molecule has 1 aliphatic rings. The van der Waals surface area contributed by atoms with Crippen LogP contribution in [0.3, 0.4) is 0 Å². The number of methoxy groups -OCH3 is 1. The van der Waals surface area contributed by atoms with Crippen LogP contribution < -0.4 is 10.6 Å². The molecule has 0 unspecified atom stereocenters. The molecule has 1 saturated carbocycles. The van der Waals surface area contributed by atoms with Gasteiger partial charge < -0.3 is 15.4 Å². The van der Waals surface area contributed by atoms with Crippen molar-refractivity contribution in [1.29, 1.82) is 0 Å². The lowest BCUT2D eigenvalue weighted by molar-refractivity contribution is -0.139. The van der Waals surface area contributed by atoms with E-state index in [1.807, 2.05) is 0 Å². The molecule has 0 radical (unpaired) electrons. The van der Waals surface area contributed by atoms with Crippen LogP contribution in [0.2, 0.25) is 0 Å². The van der Waals surface area contributed by atoms with E-state index < -0.39 is 32.4 Å². The van der Waals surface area contributed by atoms with Crippen molar-refractivity contribution in [1.82, 2.24) is 5.32 Å². The Labute approximate surface area is 180 Å². The summed E-state index contributed by atoms with van der Waals surface area (Å²) in [5.41, 5.74) is 0.665. The second kappa shape index (κ2) is 9.30. The van der Waals surface area contributed by atoms with Crippen molar-refractivity contribution in [2.75, 3.05) is 19.0 Å². The number of amides is 2. The number of nitrogens with one attached hydrogen (secondary N) is 2. The van der Waals surface area contributed by atoms with Crippen LogP contribution in [0, 0.1) is 0 Å². The molecule has 2 amide bonds. The Morgan fingerprint density at radius 1 is 0.968 bits per heavy atom. The van der Waals surface area contributed by atoms with Crippen LogP contribution in [0.5, 0.6) is 0 Å². The van der Waals surface area contributed by atoms with Crippen LogP contribution in [0.1, 0.15) is 36.0 Å². The standard InChI is InChI=1S/C22H24N2O6S/c1-30-19(25)15-23-20(26)16-9-11-17(12-10-16)24-21(27)22(13-5-6-14-22)31(28,29)18-7-3-2-4-8-18/h2-4,7-12H,5-6,13-15H2,1H3,(H,23,26)(H,24,27). The Morgan fingerprint density at radius 2 is 1.58 bits per heavy atom. The van der Waals surface area contributed by atoms with Crippen molar-refractivity contribution >= 4 is 33.3 Å². The van der Waals surface area contributed by atoms with E-state index in [9.17, 15) is 22.8 Å². The molecule has 9 heteroatoms. The van der Waals surface area contributed by atoms with Crippen molar-refractivity contribution in [3.63, 3.8) is 0 Å². The first-order chi connectivity index (χ1) is 14.8.